The number of nitrogens with two attached hydrogens (primary N) is 1. The fraction of sp³-hybridized carbons (Fsp3) is 0.115. The van der Waals surface area contributed by atoms with E-state index in [9.17, 15) is 8.78 Å². The van der Waals surface area contributed by atoms with Gasteiger partial charge in [-0.2, -0.15) is 0 Å². The monoisotopic (exact) mass is 456 g/mol. The van der Waals surface area contributed by atoms with Crippen molar-refractivity contribution in [1.82, 2.24) is 9.97 Å². The quantitative estimate of drug-likeness (QED) is 0.467. The summed E-state index contributed by atoms with van der Waals surface area (Å²) in [5.41, 5.74) is 9.40. The van der Waals surface area contributed by atoms with Gasteiger partial charge in [-0.1, -0.05) is 12.1 Å². The zero-order valence-electron chi connectivity index (χ0n) is 17.8. The summed E-state index contributed by atoms with van der Waals surface area (Å²) in [6.07, 6.45) is 5.06. The molecule has 1 spiro atoms. The Morgan fingerprint density at radius 3 is 2.50 bits per heavy atom. The van der Waals surface area contributed by atoms with Crippen LogP contribution < -0.4 is 10.5 Å². The van der Waals surface area contributed by atoms with Crippen LogP contribution in [-0.2, 0) is 10.3 Å². The van der Waals surface area contributed by atoms with Gasteiger partial charge in [0.2, 0.25) is 0 Å². The van der Waals surface area contributed by atoms with Gasteiger partial charge >= 0.3 is 0 Å². The van der Waals surface area contributed by atoms with Crippen molar-refractivity contribution in [1.29, 1.82) is 0 Å². The Kier molecular flexibility index (Phi) is 4.63. The molecule has 2 aliphatic rings. The van der Waals surface area contributed by atoms with Crippen LogP contribution in [0.1, 0.15) is 11.1 Å². The molecule has 0 aliphatic carbocycles. The first-order chi connectivity index (χ1) is 16.5. The molecule has 2 aliphatic heterocycles. The minimum atomic E-state index is -0.986. The summed E-state index contributed by atoms with van der Waals surface area (Å²) in [4.78, 5) is 13.5. The van der Waals surface area contributed by atoms with Crippen LogP contribution in [0.3, 0.4) is 0 Å². The van der Waals surface area contributed by atoms with Crippen LogP contribution in [0.4, 0.5) is 8.78 Å². The summed E-state index contributed by atoms with van der Waals surface area (Å²) >= 11 is 0. The summed E-state index contributed by atoms with van der Waals surface area (Å²) in [5, 5.41) is 0. The first-order valence-electron chi connectivity index (χ1n) is 10.6. The summed E-state index contributed by atoms with van der Waals surface area (Å²) in [7, 11) is 0. The van der Waals surface area contributed by atoms with Crippen molar-refractivity contribution in [2.24, 2.45) is 10.7 Å². The molecule has 0 saturated heterocycles. The summed E-state index contributed by atoms with van der Waals surface area (Å²) in [6.45, 7) is 0.450. The topological polar surface area (TPSA) is 82.6 Å². The second-order valence-electron chi connectivity index (χ2n) is 8.21. The van der Waals surface area contributed by atoms with Crippen molar-refractivity contribution in [3.05, 3.63) is 95.9 Å². The van der Waals surface area contributed by atoms with Gasteiger partial charge in [-0.15, -0.1) is 0 Å². The standard InChI is InChI=1S/C26H18F2N4O2/c27-20-5-3-16(9-21(20)28)22-10-19-24(12-31-22)34-23-6-4-15(17-2-1-7-30-11-17)8-18(23)26(19)14-33-13-25(29)32-26/h1-12H,13-14H2,(H2,29,32)/t26-/m0/s1. The van der Waals surface area contributed by atoms with Gasteiger partial charge in [-0.05, 0) is 48.0 Å². The van der Waals surface area contributed by atoms with Crippen LogP contribution in [0.25, 0.3) is 22.4 Å². The van der Waals surface area contributed by atoms with Gasteiger partial charge < -0.3 is 15.2 Å². The average Bonchev–Trinajstić information content (AvgIpc) is 2.86. The van der Waals surface area contributed by atoms with Crippen molar-refractivity contribution in [2.45, 2.75) is 5.54 Å². The van der Waals surface area contributed by atoms with E-state index in [2.05, 4.69) is 9.97 Å². The minimum absolute atomic E-state index is 0.219. The fourth-order valence-electron chi connectivity index (χ4n) is 4.47. The van der Waals surface area contributed by atoms with Crippen LogP contribution in [-0.4, -0.2) is 29.0 Å². The molecule has 2 aromatic carbocycles. The van der Waals surface area contributed by atoms with Gasteiger partial charge in [0.05, 0.1) is 18.5 Å². The molecular formula is C26H18F2N4O2. The molecule has 0 bridgehead atoms. The number of halogens is 2. The van der Waals surface area contributed by atoms with Crippen molar-refractivity contribution >= 4 is 5.84 Å². The number of amidine groups is 1. The molecule has 0 fully saturated rings. The molecule has 2 N–H and O–H groups in total. The lowest BCUT2D eigenvalue weighted by Gasteiger charge is -2.39. The number of nitrogens with zero attached hydrogens (tertiary/aromatic N) is 3. The first kappa shape index (κ1) is 20.4. The Morgan fingerprint density at radius 1 is 0.853 bits per heavy atom. The maximum Gasteiger partial charge on any atom is 0.159 e. The largest absolute Gasteiger partial charge is 0.455 e. The molecule has 1 atom stereocenters. The van der Waals surface area contributed by atoms with E-state index >= 15 is 0 Å². The smallest absolute Gasteiger partial charge is 0.159 e. The number of pyridine rings is 2. The molecular weight excluding hydrogens is 438 g/mol. The molecule has 4 heterocycles. The van der Waals surface area contributed by atoms with Gasteiger partial charge in [-0.25, -0.2) is 8.78 Å². The Labute approximate surface area is 193 Å². The SMILES string of the molecule is NC1=N[C@@]2(COC1)c1cc(-c3cccnc3)ccc1Oc1cnc(-c3ccc(F)c(F)c3)cc12. The number of hydrogen-bond donors (Lipinski definition) is 1. The first-order valence-corrected chi connectivity index (χ1v) is 10.6. The zero-order chi connectivity index (χ0) is 23.3. The molecule has 0 unspecified atom stereocenters. The number of hydrogen-bond acceptors (Lipinski definition) is 6. The molecule has 6 nitrogen and oxygen atoms in total. The summed E-state index contributed by atoms with van der Waals surface area (Å²) < 4.78 is 39.5. The molecule has 8 heteroatoms. The van der Waals surface area contributed by atoms with E-state index in [4.69, 9.17) is 20.2 Å². The second kappa shape index (κ2) is 7.71. The molecule has 0 radical (unpaired) electrons. The lowest BCUT2D eigenvalue weighted by molar-refractivity contribution is 0.110. The third kappa shape index (κ3) is 3.22. The summed E-state index contributed by atoms with van der Waals surface area (Å²) in [5.74, 6) is -0.406. The molecule has 168 valence electrons. The van der Waals surface area contributed by atoms with E-state index in [1.54, 1.807) is 24.7 Å². The van der Waals surface area contributed by atoms with Gasteiger partial charge in [0.25, 0.3) is 0 Å². The minimum Gasteiger partial charge on any atom is -0.455 e. The lowest BCUT2D eigenvalue weighted by Crippen LogP contribution is -2.42. The molecule has 6 rings (SSSR count). The Hall–Kier alpha value is -4.17. The van der Waals surface area contributed by atoms with Gasteiger partial charge in [0.1, 0.15) is 23.7 Å². The third-order valence-electron chi connectivity index (χ3n) is 6.06. The van der Waals surface area contributed by atoms with Crippen molar-refractivity contribution in [3.63, 3.8) is 0 Å². The number of ether oxygens (including phenoxy) is 2. The molecule has 34 heavy (non-hydrogen) atoms. The lowest BCUT2D eigenvalue weighted by atomic mass is 9.79. The van der Waals surface area contributed by atoms with E-state index in [0.717, 1.165) is 28.8 Å². The van der Waals surface area contributed by atoms with E-state index in [1.165, 1.54) is 6.07 Å². The van der Waals surface area contributed by atoms with Crippen LogP contribution in [0.5, 0.6) is 11.5 Å². The molecule has 0 amide bonds. The number of rotatable bonds is 2. The van der Waals surface area contributed by atoms with Crippen LogP contribution in [0.15, 0.2) is 78.2 Å². The van der Waals surface area contributed by atoms with Gasteiger partial charge in [0, 0.05) is 34.6 Å². The van der Waals surface area contributed by atoms with Crippen molar-refractivity contribution in [3.8, 4) is 33.9 Å². The van der Waals surface area contributed by atoms with Crippen LogP contribution >= 0.6 is 0 Å². The Morgan fingerprint density at radius 2 is 1.71 bits per heavy atom. The average molecular weight is 456 g/mol. The van der Waals surface area contributed by atoms with Crippen molar-refractivity contribution in [2.75, 3.05) is 13.2 Å². The maximum atomic E-state index is 13.9. The predicted octanol–water partition coefficient (Wildman–Crippen LogP) is 4.83. The highest BCUT2D eigenvalue weighted by molar-refractivity contribution is 5.84. The third-order valence-corrected chi connectivity index (χ3v) is 6.06. The van der Waals surface area contributed by atoms with E-state index in [0.29, 0.717) is 34.2 Å². The highest BCUT2D eigenvalue weighted by Crippen LogP contribution is 2.51. The molecule has 0 saturated carbocycles. The normalized spacial score (nSPS) is 18.6. The Balaban J connectivity index is 1.56. The second-order valence-corrected chi connectivity index (χ2v) is 8.21. The van der Waals surface area contributed by atoms with Crippen LogP contribution in [0, 0.1) is 11.6 Å². The number of fused-ring (bicyclic) bond motifs is 4. The molecule has 2 aromatic heterocycles. The Bertz CT molecular complexity index is 1460. The van der Waals surface area contributed by atoms with E-state index in [-0.39, 0.29) is 13.2 Å². The maximum absolute atomic E-state index is 13.9. The summed E-state index contributed by atoms with van der Waals surface area (Å²) in [6, 6.07) is 15.1. The van der Waals surface area contributed by atoms with Crippen molar-refractivity contribution < 1.29 is 18.3 Å². The highest BCUT2D eigenvalue weighted by atomic mass is 19.2. The van der Waals surface area contributed by atoms with E-state index in [1.807, 2.05) is 30.3 Å². The fourth-order valence-corrected chi connectivity index (χ4v) is 4.47. The zero-order valence-corrected chi connectivity index (χ0v) is 17.8. The highest BCUT2D eigenvalue weighted by Gasteiger charge is 2.45. The number of benzene rings is 2. The predicted molar refractivity (Wildman–Crippen MR) is 123 cm³/mol. The van der Waals surface area contributed by atoms with E-state index < -0.39 is 17.2 Å². The number of aromatic nitrogens is 2. The molecule has 4 aromatic rings. The van der Waals surface area contributed by atoms with Gasteiger partial charge in [0.15, 0.2) is 17.4 Å². The van der Waals surface area contributed by atoms with Gasteiger partial charge in [-0.3, -0.25) is 15.0 Å². The number of aliphatic imine (C=N–C) groups is 1. The van der Waals surface area contributed by atoms with Crippen LogP contribution in [0.2, 0.25) is 0 Å².